The quantitative estimate of drug-likeness (QED) is 0.737. The van der Waals surface area contributed by atoms with Gasteiger partial charge in [-0.3, -0.25) is 13.9 Å². The third-order valence-corrected chi connectivity index (χ3v) is 6.58. The largest absolute Gasteiger partial charge is 0.312 e. The summed E-state index contributed by atoms with van der Waals surface area (Å²) in [7, 11) is -3.90. The second-order valence-electron chi connectivity index (χ2n) is 5.63. The predicted octanol–water partition coefficient (Wildman–Crippen LogP) is 2.76. The molecule has 1 amide bonds. The van der Waals surface area contributed by atoms with Gasteiger partial charge in [-0.1, -0.05) is 11.6 Å². The molecule has 4 rings (SSSR count). The van der Waals surface area contributed by atoms with Crippen molar-refractivity contribution in [3.05, 3.63) is 40.5 Å². The van der Waals surface area contributed by atoms with Gasteiger partial charge < -0.3 is 4.90 Å². The van der Waals surface area contributed by atoms with Gasteiger partial charge in [-0.2, -0.15) is 8.42 Å². The highest BCUT2D eigenvalue weighted by Gasteiger charge is 2.27. The Morgan fingerprint density at radius 3 is 2.96 bits per heavy atom. The maximum Gasteiger partial charge on any atom is 0.281 e. The molecule has 1 aliphatic heterocycles. The number of halogens is 1. The minimum atomic E-state index is -3.90. The van der Waals surface area contributed by atoms with E-state index in [9.17, 15) is 13.2 Å². The van der Waals surface area contributed by atoms with Crippen molar-refractivity contribution in [2.24, 2.45) is 0 Å². The molecule has 3 heterocycles. The maximum absolute atomic E-state index is 12.8. The number of anilines is 2. The van der Waals surface area contributed by atoms with Crippen molar-refractivity contribution in [1.29, 1.82) is 0 Å². The molecule has 0 fully saturated rings. The fourth-order valence-electron chi connectivity index (χ4n) is 2.97. The predicted molar refractivity (Wildman–Crippen MR) is 97.1 cm³/mol. The van der Waals surface area contributed by atoms with Crippen molar-refractivity contribution in [3.63, 3.8) is 0 Å². The summed E-state index contributed by atoms with van der Waals surface area (Å²) in [4.78, 5) is 17.8. The van der Waals surface area contributed by atoms with Crippen LogP contribution in [0.4, 0.5) is 11.4 Å². The smallest absolute Gasteiger partial charge is 0.281 e. The van der Waals surface area contributed by atoms with Gasteiger partial charge in [0.2, 0.25) is 5.91 Å². The number of thiazole rings is 1. The SMILES string of the molecule is CC(=O)N1CCc2cc(NS(=O)(=O)c3c(Cl)nc4sccn34)ccc21. The van der Waals surface area contributed by atoms with E-state index in [1.807, 2.05) is 0 Å². The zero-order chi connectivity index (χ0) is 17.8. The fraction of sp³-hybridized carbons (Fsp3) is 0.200. The van der Waals surface area contributed by atoms with E-state index in [4.69, 9.17) is 11.6 Å². The molecule has 0 aliphatic carbocycles. The number of nitrogens with zero attached hydrogens (tertiary/aromatic N) is 3. The van der Waals surface area contributed by atoms with Gasteiger partial charge in [-0.15, -0.1) is 11.3 Å². The van der Waals surface area contributed by atoms with Crippen LogP contribution in [-0.2, 0) is 21.2 Å². The molecule has 0 atom stereocenters. The first-order chi connectivity index (χ1) is 11.9. The Labute approximate surface area is 152 Å². The summed E-state index contributed by atoms with van der Waals surface area (Å²) in [5.41, 5.74) is 2.17. The molecule has 10 heteroatoms. The molecule has 1 N–H and O–H groups in total. The number of imidazole rings is 1. The summed E-state index contributed by atoms with van der Waals surface area (Å²) in [6, 6.07) is 5.13. The molecule has 25 heavy (non-hydrogen) atoms. The third kappa shape index (κ3) is 2.68. The summed E-state index contributed by atoms with van der Waals surface area (Å²) in [5.74, 6) is -0.0297. The van der Waals surface area contributed by atoms with Crippen LogP contribution in [0.1, 0.15) is 12.5 Å². The number of benzene rings is 1. The molecule has 130 valence electrons. The van der Waals surface area contributed by atoms with Gasteiger partial charge in [0.1, 0.15) is 0 Å². The second kappa shape index (κ2) is 5.72. The number of hydrogen-bond donors (Lipinski definition) is 1. The number of carbonyl (C=O) groups is 1. The Hall–Kier alpha value is -2.10. The van der Waals surface area contributed by atoms with Crippen molar-refractivity contribution in [2.45, 2.75) is 18.4 Å². The van der Waals surface area contributed by atoms with Gasteiger partial charge >= 0.3 is 0 Å². The average molecular weight is 397 g/mol. The van der Waals surface area contributed by atoms with E-state index in [1.54, 1.807) is 34.7 Å². The molecule has 2 aromatic heterocycles. The van der Waals surface area contributed by atoms with Gasteiger partial charge in [0, 0.05) is 36.4 Å². The average Bonchev–Trinajstić information content (AvgIpc) is 3.19. The lowest BCUT2D eigenvalue weighted by atomic mass is 10.1. The van der Waals surface area contributed by atoms with E-state index in [0.29, 0.717) is 23.6 Å². The van der Waals surface area contributed by atoms with Gasteiger partial charge in [0.15, 0.2) is 15.1 Å². The lowest BCUT2D eigenvalue weighted by Crippen LogP contribution is -2.25. The highest BCUT2D eigenvalue weighted by molar-refractivity contribution is 7.92. The lowest BCUT2D eigenvalue weighted by Gasteiger charge is -2.15. The molecule has 3 aromatic rings. The second-order valence-corrected chi connectivity index (χ2v) is 8.46. The number of sulfonamides is 1. The number of amides is 1. The number of rotatable bonds is 3. The van der Waals surface area contributed by atoms with Crippen molar-refractivity contribution in [1.82, 2.24) is 9.38 Å². The fourth-order valence-corrected chi connectivity index (χ4v) is 5.48. The van der Waals surface area contributed by atoms with Crippen LogP contribution in [0.5, 0.6) is 0 Å². The molecule has 0 radical (unpaired) electrons. The molecule has 7 nitrogen and oxygen atoms in total. The number of aromatic nitrogens is 2. The first-order valence-corrected chi connectivity index (χ1v) is 10.2. The number of fused-ring (bicyclic) bond motifs is 2. The van der Waals surface area contributed by atoms with Crippen LogP contribution in [0.2, 0.25) is 5.15 Å². The highest BCUT2D eigenvalue weighted by atomic mass is 35.5. The minimum Gasteiger partial charge on any atom is -0.312 e. The van der Waals surface area contributed by atoms with Crippen LogP contribution in [0.25, 0.3) is 4.96 Å². The Bertz CT molecular complexity index is 1100. The van der Waals surface area contributed by atoms with Gasteiger partial charge in [0.05, 0.1) is 0 Å². The molecule has 0 saturated heterocycles. The van der Waals surface area contributed by atoms with Crippen LogP contribution in [-0.4, -0.2) is 30.3 Å². The van der Waals surface area contributed by atoms with Crippen molar-refractivity contribution >= 4 is 55.2 Å². The zero-order valence-corrected chi connectivity index (χ0v) is 15.5. The van der Waals surface area contributed by atoms with E-state index in [0.717, 1.165) is 11.3 Å². The molecule has 0 saturated carbocycles. The Morgan fingerprint density at radius 1 is 1.40 bits per heavy atom. The van der Waals surface area contributed by atoms with E-state index >= 15 is 0 Å². The van der Waals surface area contributed by atoms with Crippen molar-refractivity contribution in [3.8, 4) is 0 Å². The van der Waals surface area contributed by atoms with Crippen molar-refractivity contribution in [2.75, 3.05) is 16.2 Å². The normalized spacial score (nSPS) is 14.1. The number of hydrogen-bond acceptors (Lipinski definition) is 5. The number of carbonyl (C=O) groups excluding carboxylic acids is 1. The molecule has 0 unspecified atom stereocenters. The summed E-state index contributed by atoms with van der Waals surface area (Å²) >= 11 is 7.32. The molecular formula is C15H13ClN4O3S2. The summed E-state index contributed by atoms with van der Waals surface area (Å²) in [5, 5.41) is 1.59. The Balaban J connectivity index is 1.69. The molecule has 0 bridgehead atoms. The first-order valence-electron chi connectivity index (χ1n) is 7.42. The minimum absolute atomic E-state index is 0.0297. The zero-order valence-electron chi connectivity index (χ0n) is 13.1. The third-order valence-electron chi connectivity index (χ3n) is 4.04. The Morgan fingerprint density at radius 2 is 2.20 bits per heavy atom. The van der Waals surface area contributed by atoms with E-state index in [-0.39, 0.29) is 16.1 Å². The molecular weight excluding hydrogens is 384 g/mol. The van der Waals surface area contributed by atoms with E-state index in [2.05, 4.69) is 9.71 Å². The summed E-state index contributed by atoms with van der Waals surface area (Å²) in [6.45, 7) is 2.12. The summed E-state index contributed by atoms with van der Waals surface area (Å²) < 4.78 is 29.5. The van der Waals surface area contributed by atoms with Gasteiger partial charge in [-0.05, 0) is 30.2 Å². The number of nitrogens with one attached hydrogen (secondary N) is 1. The highest BCUT2D eigenvalue weighted by Crippen LogP contribution is 2.32. The van der Waals surface area contributed by atoms with Crippen LogP contribution >= 0.6 is 22.9 Å². The Kier molecular flexibility index (Phi) is 3.75. The van der Waals surface area contributed by atoms with Crippen molar-refractivity contribution < 1.29 is 13.2 Å². The van der Waals surface area contributed by atoms with Gasteiger partial charge in [-0.25, -0.2) is 4.98 Å². The van der Waals surface area contributed by atoms with E-state index in [1.165, 1.54) is 22.7 Å². The summed E-state index contributed by atoms with van der Waals surface area (Å²) in [6.07, 6.45) is 2.30. The van der Waals surface area contributed by atoms with E-state index < -0.39 is 10.0 Å². The first kappa shape index (κ1) is 16.4. The standard InChI is InChI=1S/C15H13ClN4O3S2/c1-9(21)19-5-4-10-8-11(2-3-12(10)19)18-25(22,23)14-13(16)17-15-20(14)6-7-24-15/h2-3,6-8,18H,4-5H2,1H3. The lowest BCUT2D eigenvalue weighted by molar-refractivity contribution is -0.116. The van der Waals surface area contributed by atoms with Crippen LogP contribution in [0.15, 0.2) is 34.8 Å². The van der Waals surface area contributed by atoms with Crippen LogP contribution in [0.3, 0.4) is 0 Å². The van der Waals surface area contributed by atoms with Crippen LogP contribution in [0, 0.1) is 0 Å². The van der Waals surface area contributed by atoms with Gasteiger partial charge in [0.25, 0.3) is 10.0 Å². The maximum atomic E-state index is 12.8. The molecule has 0 spiro atoms. The molecule has 1 aliphatic rings. The topological polar surface area (TPSA) is 83.8 Å². The van der Waals surface area contributed by atoms with Crippen LogP contribution < -0.4 is 9.62 Å². The molecule has 1 aromatic carbocycles. The monoisotopic (exact) mass is 396 g/mol.